The lowest BCUT2D eigenvalue weighted by Gasteiger charge is -2.26. The fraction of sp³-hybridized carbons (Fsp3) is 0.800. The highest BCUT2D eigenvalue weighted by atomic mass is 32.1. The zero-order valence-corrected chi connectivity index (χ0v) is 10.5. The van der Waals surface area contributed by atoms with Gasteiger partial charge >= 0.3 is 0 Å². The van der Waals surface area contributed by atoms with Crippen molar-refractivity contribution in [3.8, 4) is 0 Å². The molecule has 2 heterocycles. The Kier molecular flexibility index (Phi) is 4.09. The molecule has 1 fully saturated rings. The number of aromatic nitrogens is 2. The largest absolute Gasteiger partial charge is 0.379 e. The molecule has 90 valence electrons. The van der Waals surface area contributed by atoms with Crippen LogP contribution in [0.4, 0.5) is 5.13 Å². The van der Waals surface area contributed by atoms with Crippen LogP contribution in [0.1, 0.15) is 18.4 Å². The first kappa shape index (κ1) is 11.8. The van der Waals surface area contributed by atoms with Crippen LogP contribution in [0.25, 0.3) is 0 Å². The van der Waals surface area contributed by atoms with Gasteiger partial charge in [-0.3, -0.25) is 0 Å². The lowest BCUT2D eigenvalue weighted by Crippen LogP contribution is -2.43. The third-order valence-corrected chi connectivity index (χ3v) is 3.30. The van der Waals surface area contributed by atoms with Crippen LogP contribution in [0.15, 0.2) is 0 Å². The van der Waals surface area contributed by atoms with Crippen LogP contribution in [0, 0.1) is 6.92 Å². The minimum Gasteiger partial charge on any atom is -0.379 e. The van der Waals surface area contributed by atoms with Crippen molar-refractivity contribution in [2.45, 2.75) is 32.4 Å². The molecule has 1 aromatic rings. The summed E-state index contributed by atoms with van der Waals surface area (Å²) in [6.45, 7) is 6.71. The average molecular weight is 242 g/mol. The molecule has 0 aromatic carbocycles. The molecule has 2 N–H and O–H groups in total. The van der Waals surface area contributed by atoms with Gasteiger partial charge < -0.3 is 15.4 Å². The van der Waals surface area contributed by atoms with E-state index in [9.17, 15) is 0 Å². The fourth-order valence-corrected chi connectivity index (χ4v) is 2.53. The van der Waals surface area contributed by atoms with Crippen molar-refractivity contribution in [1.82, 2.24) is 15.5 Å². The Morgan fingerprint density at radius 1 is 1.62 bits per heavy atom. The van der Waals surface area contributed by atoms with Gasteiger partial charge in [-0.1, -0.05) is 11.3 Å². The highest BCUT2D eigenvalue weighted by molar-refractivity contribution is 7.15. The molecule has 2 atom stereocenters. The molecule has 16 heavy (non-hydrogen) atoms. The second-order valence-electron chi connectivity index (χ2n) is 4.13. The van der Waals surface area contributed by atoms with Crippen molar-refractivity contribution in [3.05, 3.63) is 5.01 Å². The Hall–Kier alpha value is -0.720. The Bertz CT molecular complexity index is 324. The van der Waals surface area contributed by atoms with E-state index in [1.165, 1.54) is 0 Å². The van der Waals surface area contributed by atoms with Crippen molar-refractivity contribution < 1.29 is 4.74 Å². The first-order valence-electron chi connectivity index (χ1n) is 5.62. The van der Waals surface area contributed by atoms with Crippen molar-refractivity contribution in [2.24, 2.45) is 0 Å². The van der Waals surface area contributed by atoms with Crippen LogP contribution in [0.5, 0.6) is 0 Å². The van der Waals surface area contributed by atoms with Gasteiger partial charge in [0.2, 0.25) is 5.13 Å². The van der Waals surface area contributed by atoms with Gasteiger partial charge in [0.05, 0.1) is 13.2 Å². The van der Waals surface area contributed by atoms with E-state index in [2.05, 4.69) is 27.8 Å². The molecule has 0 saturated carbocycles. The van der Waals surface area contributed by atoms with E-state index in [-0.39, 0.29) is 0 Å². The van der Waals surface area contributed by atoms with Gasteiger partial charge in [0.1, 0.15) is 5.01 Å². The van der Waals surface area contributed by atoms with E-state index >= 15 is 0 Å². The molecular formula is C10H18N4OS. The van der Waals surface area contributed by atoms with Crippen LogP contribution < -0.4 is 10.6 Å². The van der Waals surface area contributed by atoms with Crippen LogP contribution in [-0.2, 0) is 4.74 Å². The maximum Gasteiger partial charge on any atom is 0.205 e. The fourth-order valence-electron chi connectivity index (χ4n) is 1.82. The molecule has 6 heteroatoms. The smallest absolute Gasteiger partial charge is 0.205 e. The summed E-state index contributed by atoms with van der Waals surface area (Å²) < 4.78 is 5.42. The third-order valence-electron chi connectivity index (χ3n) is 2.53. The molecule has 0 aliphatic carbocycles. The normalized spacial score (nSPS) is 23.0. The maximum absolute atomic E-state index is 5.42. The molecule has 2 rings (SSSR count). The summed E-state index contributed by atoms with van der Waals surface area (Å²) in [6, 6.07) is 0.830. The van der Waals surface area contributed by atoms with Crippen LogP contribution in [0.3, 0.4) is 0 Å². The van der Waals surface area contributed by atoms with E-state index < -0.39 is 0 Å². The van der Waals surface area contributed by atoms with E-state index in [1.54, 1.807) is 11.3 Å². The average Bonchev–Trinajstić information content (AvgIpc) is 2.65. The van der Waals surface area contributed by atoms with Gasteiger partial charge in [0.25, 0.3) is 0 Å². The van der Waals surface area contributed by atoms with Gasteiger partial charge in [-0.05, 0) is 20.3 Å². The second kappa shape index (κ2) is 5.56. The van der Waals surface area contributed by atoms with Crippen molar-refractivity contribution in [2.75, 3.05) is 25.1 Å². The van der Waals surface area contributed by atoms with Gasteiger partial charge in [-0.2, -0.15) is 0 Å². The molecule has 0 bridgehead atoms. The molecule has 1 aliphatic heterocycles. The Labute approximate surface area is 99.6 Å². The number of nitrogens with zero attached hydrogens (tertiary/aromatic N) is 2. The van der Waals surface area contributed by atoms with E-state index in [4.69, 9.17) is 4.74 Å². The highest BCUT2D eigenvalue weighted by Crippen LogP contribution is 2.16. The SMILES string of the molecule is Cc1nnc(NC(C)CC2COCCN2)s1. The first-order chi connectivity index (χ1) is 7.74. The molecule has 1 aromatic heterocycles. The molecule has 2 unspecified atom stereocenters. The van der Waals surface area contributed by atoms with Crippen molar-refractivity contribution >= 4 is 16.5 Å². The lowest BCUT2D eigenvalue weighted by atomic mass is 10.1. The Balaban J connectivity index is 1.77. The number of ether oxygens (including phenoxy) is 1. The number of hydrogen-bond donors (Lipinski definition) is 2. The summed E-state index contributed by atoms with van der Waals surface area (Å²) >= 11 is 1.59. The zero-order valence-electron chi connectivity index (χ0n) is 9.69. The second-order valence-corrected chi connectivity index (χ2v) is 5.31. The Morgan fingerprint density at radius 2 is 2.50 bits per heavy atom. The van der Waals surface area contributed by atoms with Crippen LogP contribution >= 0.6 is 11.3 Å². The summed E-state index contributed by atoms with van der Waals surface area (Å²) in [5.41, 5.74) is 0. The summed E-state index contributed by atoms with van der Waals surface area (Å²) in [4.78, 5) is 0. The van der Waals surface area contributed by atoms with Gasteiger partial charge in [-0.15, -0.1) is 10.2 Å². The number of morpholine rings is 1. The summed E-state index contributed by atoms with van der Waals surface area (Å²) in [5, 5.41) is 16.7. The summed E-state index contributed by atoms with van der Waals surface area (Å²) in [6.07, 6.45) is 1.04. The minimum absolute atomic E-state index is 0.381. The third kappa shape index (κ3) is 3.40. The number of nitrogens with one attached hydrogen (secondary N) is 2. The molecular weight excluding hydrogens is 224 g/mol. The number of aryl methyl sites for hydroxylation is 1. The zero-order chi connectivity index (χ0) is 11.4. The molecule has 0 amide bonds. The molecule has 1 aliphatic rings. The quantitative estimate of drug-likeness (QED) is 0.825. The number of hydrogen-bond acceptors (Lipinski definition) is 6. The standard InChI is InChI=1S/C10H18N4OS/c1-7(5-9-6-15-4-3-11-9)12-10-14-13-8(2)16-10/h7,9,11H,3-6H2,1-2H3,(H,12,14). The first-order valence-corrected chi connectivity index (χ1v) is 6.43. The molecule has 0 spiro atoms. The minimum atomic E-state index is 0.381. The van der Waals surface area contributed by atoms with Gasteiger partial charge in [0.15, 0.2) is 0 Å². The summed E-state index contributed by atoms with van der Waals surface area (Å²) in [5.74, 6) is 0. The summed E-state index contributed by atoms with van der Waals surface area (Å²) in [7, 11) is 0. The van der Waals surface area contributed by atoms with E-state index in [0.717, 1.165) is 36.3 Å². The number of anilines is 1. The topological polar surface area (TPSA) is 59.1 Å². The van der Waals surface area contributed by atoms with Crippen molar-refractivity contribution in [3.63, 3.8) is 0 Å². The lowest BCUT2D eigenvalue weighted by molar-refractivity contribution is 0.0731. The monoisotopic (exact) mass is 242 g/mol. The van der Waals surface area contributed by atoms with Gasteiger partial charge in [-0.25, -0.2) is 0 Å². The van der Waals surface area contributed by atoms with Crippen LogP contribution in [-0.4, -0.2) is 42.0 Å². The molecule has 5 nitrogen and oxygen atoms in total. The van der Waals surface area contributed by atoms with Crippen molar-refractivity contribution in [1.29, 1.82) is 0 Å². The predicted molar refractivity (Wildman–Crippen MR) is 65.0 cm³/mol. The Morgan fingerprint density at radius 3 is 3.12 bits per heavy atom. The number of rotatable bonds is 4. The predicted octanol–water partition coefficient (Wildman–Crippen LogP) is 1.03. The maximum atomic E-state index is 5.42. The van der Waals surface area contributed by atoms with E-state index in [0.29, 0.717) is 12.1 Å². The molecule has 1 saturated heterocycles. The highest BCUT2D eigenvalue weighted by Gasteiger charge is 2.16. The van der Waals surface area contributed by atoms with Gasteiger partial charge in [0, 0.05) is 18.6 Å². The van der Waals surface area contributed by atoms with E-state index in [1.807, 2.05) is 6.92 Å². The van der Waals surface area contributed by atoms with Crippen LogP contribution in [0.2, 0.25) is 0 Å². The molecule has 0 radical (unpaired) electrons.